The molecule has 2 rings (SSSR count). The van der Waals surface area contributed by atoms with Crippen LogP contribution >= 0.6 is 0 Å². The normalized spacial score (nSPS) is 25.9. The molecule has 0 aliphatic heterocycles. The summed E-state index contributed by atoms with van der Waals surface area (Å²) < 4.78 is 0. The van der Waals surface area contributed by atoms with Crippen molar-refractivity contribution in [3.63, 3.8) is 0 Å². The molecule has 3 N–H and O–H groups in total. The van der Waals surface area contributed by atoms with Gasteiger partial charge in [0.15, 0.2) is 0 Å². The van der Waals surface area contributed by atoms with E-state index >= 15 is 0 Å². The smallest absolute Gasteiger partial charge is 0.0304 e. The summed E-state index contributed by atoms with van der Waals surface area (Å²) in [6.45, 7) is 2.03. The van der Waals surface area contributed by atoms with E-state index in [4.69, 9.17) is 5.73 Å². The van der Waals surface area contributed by atoms with Gasteiger partial charge in [-0.15, -0.1) is 0 Å². The van der Waals surface area contributed by atoms with Crippen molar-refractivity contribution in [2.24, 2.45) is 11.7 Å². The SMILES string of the molecule is NCC1(NCCC2CCC2)CCCCCCC1. The van der Waals surface area contributed by atoms with E-state index in [-0.39, 0.29) is 5.54 Å². The second-order valence-corrected chi connectivity index (χ2v) is 6.26. The van der Waals surface area contributed by atoms with Crippen LogP contribution in [0, 0.1) is 5.92 Å². The summed E-state index contributed by atoms with van der Waals surface area (Å²) in [6, 6.07) is 0. The third-order valence-corrected chi connectivity index (χ3v) is 4.98. The van der Waals surface area contributed by atoms with E-state index in [0.29, 0.717) is 0 Å². The molecule has 0 aromatic heterocycles. The summed E-state index contributed by atoms with van der Waals surface area (Å²) in [6.07, 6.45) is 15.4. The van der Waals surface area contributed by atoms with E-state index in [1.807, 2.05) is 0 Å². The molecular formula is C15H30N2. The Hall–Kier alpha value is -0.0800. The molecule has 0 amide bonds. The molecule has 0 radical (unpaired) electrons. The molecule has 2 fully saturated rings. The molecule has 0 bridgehead atoms. The van der Waals surface area contributed by atoms with Gasteiger partial charge in [-0.1, -0.05) is 51.4 Å². The minimum absolute atomic E-state index is 0.282. The van der Waals surface area contributed by atoms with Crippen molar-refractivity contribution in [2.75, 3.05) is 13.1 Å². The van der Waals surface area contributed by atoms with Crippen LogP contribution in [0.5, 0.6) is 0 Å². The Kier molecular flexibility index (Phi) is 5.30. The molecule has 100 valence electrons. The predicted octanol–water partition coefficient (Wildman–Crippen LogP) is 3.21. The third-order valence-electron chi connectivity index (χ3n) is 4.98. The summed E-state index contributed by atoms with van der Waals surface area (Å²) in [4.78, 5) is 0. The van der Waals surface area contributed by atoms with E-state index in [2.05, 4.69) is 5.32 Å². The van der Waals surface area contributed by atoms with Crippen LogP contribution in [0.15, 0.2) is 0 Å². The van der Waals surface area contributed by atoms with Gasteiger partial charge in [-0.2, -0.15) is 0 Å². The monoisotopic (exact) mass is 238 g/mol. The zero-order valence-corrected chi connectivity index (χ0v) is 11.3. The van der Waals surface area contributed by atoms with Crippen LogP contribution < -0.4 is 11.1 Å². The number of hydrogen-bond acceptors (Lipinski definition) is 2. The summed E-state index contributed by atoms with van der Waals surface area (Å²) in [5.41, 5.74) is 6.34. The highest BCUT2D eigenvalue weighted by Gasteiger charge is 2.28. The van der Waals surface area contributed by atoms with Gasteiger partial charge in [-0.05, 0) is 31.7 Å². The van der Waals surface area contributed by atoms with Crippen molar-refractivity contribution in [2.45, 2.75) is 76.2 Å². The standard InChI is InChI=1S/C15H30N2/c16-13-15(10-4-2-1-3-5-11-15)17-12-9-14-7-6-8-14/h14,17H,1-13,16H2. The molecule has 2 nitrogen and oxygen atoms in total. The van der Waals surface area contributed by atoms with Crippen molar-refractivity contribution in [3.8, 4) is 0 Å². The molecule has 0 aromatic rings. The highest BCUT2D eigenvalue weighted by atomic mass is 15.0. The Morgan fingerprint density at radius 1 is 0.941 bits per heavy atom. The lowest BCUT2D eigenvalue weighted by Crippen LogP contribution is -2.52. The maximum atomic E-state index is 6.06. The summed E-state index contributed by atoms with van der Waals surface area (Å²) in [7, 11) is 0. The van der Waals surface area contributed by atoms with E-state index in [1.54, 1.807) is 0 Å². The zero-order chi connectivity index (χ0) is 12.0. The van der Waals surface area contributed by atoms with Gasteiger partial charge in [0.25, 0.3) is 0 Å². The van der Waals surface area contributed by atoms with Crippen molar-refractivity contribution in [1.82, 2.24) is 5.32 Å². The van der Waals surface area contributed by atoms with Gasteiger partial charge < -0.3 is 11.1 Å². The first kappa shape index (κ1) is 13.4. The topological polar surface area (TPSA) is 38.0 Å². The summed E-state index contributed by atoms with van der Waals surface area (Å²) >= 11 is 0. The van der Waals surface area contributed by atoms with E-state index in [1.165, 1.54) is 77.2 Å². The van der Waals surface area contributed by atoms with Crippen LogP contribution in [0.3, 0.4) is 0 Å². The predicted molar refractivity (Wildman–Crippen MR) is 74.1 cm³/mol. The Bertz CT molecular complexity index is 203. The maximum Gasteiger partial charge on any atom is 0.0304 e. The van der Waals surface area contributed by atoms with Crippen molar-refractivity contribution >= 4 is 0 Å². The summed E-state index contributed by atoms with van der Waals surface area (Å²) in [5.74, 6) is 1.02. The molecule has 2 aliphatic carbocycles. The first-order chi connectivity index (χ1) is 8.35. The number of nitrogens with one attached hydrogen (secondary N) is 1. The molecule has 2 aliphatic rings. The van der Waals surface area contributed by atoms with Crippen LogP contribution in [-0.4, -0.2) is 18.6 Å². The lowest BCUT2D eigenvalue weighted by Gasteiger charge is -2.37. The largest absolute Gasteiger partial charge is 0.329 e. The Labute approximate surface area is 107 Å². The van der Waals surface area contributed by atoms with Crippen LogP contribution in [0.4, 0.5) is 0 Å². The van der Waals surface area contributed by atoms with Gasteiger partial charge in [0.05, 0.1) is 0 Å². The highest BCUT2D eigenvalue weighted by Crippen LogP contribution is 2.30. The van der Waals surface area contributed by atoms with Gasteiger partial charge in [-0.25, -0.2) is 0 Å². The molecule has 0 unspecified atom stereocenters. The second-order valence-electron chi connectivity index (χ2n) is 6.26. The molecule has 17 heavy (non-hydrogen) atoms. The summed E-state index contributed by atoms with van der Waals surface area (Å²) in [5, 5.41) is 3.83. The Morgan fingerprint density at radius 3 is 2.12 bits per heavy atom. The highest BCUT2D eigenvalue weighted by molar-refractivity contribution is 4.90. The molecular weight excluding hydrogens is 208 g/mol. The molecule has 0 spiro atoms. The van der Waals surface area contributed by atoms with Gasteiger partial charge >= 0.3 is 0 Å². The van der Waals surface area contributed by atoms with Crippen molar-refractivity contribution in [1.29, 1.82) is 0 Å². The lowest BCUT2D eigenvalue weighted by molar-refractivity contribution is 0.231. The van der Waals surface area contributed by atoms with Gasteiger partial charge in [0.1, 0.15) is 0 Å². The van der Waals surface area contributed by atoms with E-state index in [9.17, 15) is 0 Å². The first-order valence-corrected chi connectivity index (χ1v) is 7.80. The minimum Gasteiger partial charge on any atom is -0.329 e. The van der Waals surface area contributed by atoms with Crippen molar-refractivity contribution < 1.29 is 0 Å². The maximum absolute atomic E-state index is 6.06. The van der Waals surface area contributed by atoms with Crippen LogP contribution in [0.2, 0.25) is 0 Å². The van der Waals surface area contributed by atoms with Crippen LogP contribution in [0.25, 0.3) is 0 Å². The van der Waals surface area contributed by atoms with E-state index < -0.39 is 0 Å². The van der Waals surface area contributed by atoms with Gasteiger partial charge in [0, 0.05) is 12.1 Å². The van der Waals surface area contributed by atoms with Gasteiger partial charge in [-0.3, -0.25) is 0 Å². The van der Waals surface area contributed by atoms with Crippen molar-refractivity contribution in [3.05, 3.63) is 0 Å². The lowest BCUT2D eigenvalue weighted by atomic mass is 9.81. The van der Waals surface area contributed by atoms with Crippen LogP contribution in [0.1, 0.15) is 70.6 Å². The number of hydrogen-bond donors (Lipinski definition) is 2. The molecule has 2 heteroatoms. The fourth-order valence-corrected chi connectivity index (χ4v) is 3.36. The van der Waals surface area contributed by atoms with Gasteiger partial charge in [0.2, 0.25) is 0 Å². The number of nitrogens with two attached hydrogens (primary N) is 1. The van der Waals surface area contributed by atoms with Crippen LogP contribution in [-0.2, 0) is 0 Å². The molecule has 0 aromatic carbocycles. The molecule has 0 saturated heterocycles. The number of rotatable bonds is 5. The second kappa shape index (κ2) is 6.75. The Morgan fingerprint density at radius 2 is 1.59 bits per heavy atom. The fourth-order valence-electron chi connectivity index (χ4n) is 3.36. The zero-order valence-electron chi connectivity index (χ0n) is 11.3. The molecule has 0 atom stereocenters. The molecule has 2 saturated carbocycles. The molecule has 0 heterocycles. The fraction of sp³-hybridized carbons (Fsp3) is 1.00. The quantitative estimate of drug-likeness (QED) is 0.772. The average molecular weight is 238 g/mol. The third kappa shape index (κ3) is 3.96. The Balaban J connectivity index is 1.74. The first-order valence-electron chi connectivity index (χ1n) is 7.80. The van der Waals surface area contributed by atoms with E-state index in [0.717, 1.165) is 12.5 Å². The minimum atomic E-state index is 0.282. The average Bonchev–Trinajstić information content (AvgIpc) is 2.25.